The number of benzene rings is 3. The van der Waals surface area contributed by atoms with E-state index in [0.29, 0.717) is 35.0 Å². The van der Waals surface area contributed by atoms with Crippen LogP contribution in [0.25, 0.3) is 0 Å². The summed E-state index contributed by atoms with van der Waals surface area (Å²) in [6.07, 6.45) is 0.609. The SMILES string of the molecule is CCOC(=O)c1cc(OC)c(OC)cc1NC(=O)CCc1ccc(NC(=O)Nc2ccccc2N)cc1. The molecule has 5 N–H and O–H groups in total. The molecule has 0 fully saturated rings. The molecule has 0 spiro atoms. The van der Waals surface area contributed by atoms with Gasteiger partial charge in [-0.25, -0.2) is 9.59 Å². The van der Waals surface area contributed by atoms with Gasteiger partial charge in [-0.1, -0.05) is 24.3 Å². The number of hydrogen-bond donors (Lipinski definition) is 4. The number of aryl methyl sites for hydroxylation is 1. The van der Waals surface area contributed by atoms with Crippen molar-refractivity contribution in [2.45, 2.75) is 19.8 Å². The maximum absolute atomic E-state index is 12.7. The lowest BCUT2D eigenvalue weighted by atomic mass is 10.1. The fourth-order valence-corrected chi connectivity index (χ4v) is 3.48. The molecule has 3 rings (SSSR count). The molecule has 194 valence electrons. The van der Waals surface area contributed by atoms with Crippen LogP contribution in [0.1, 0.15) is 29.3 Å². The number of amides is 3. The summed E-state index contributed by atoms with van der Waals surface area (Å²) in [5.74, 6) is -0.160. The van der Waals surface area contributed by atoms with Crippen molar-refractivity contribution in [2.24, 2.45) is 0 Å². The number of esters is 1. The molecular weight excluding hydrogens is 476 g/mol. The summed E-state index contributed by atoms with van der Waals surface area (Å²) >= 11 is 0. The van der Waals surface area contributed by atoms with E-state index in [1.54, 1.807) is 43.3 Å². The van der Waals surface area contributed by atoms with Gasteiger partial charge in [0, 0.05) is 24.2 Å². The number of carbonyl (C=O) groups is 3. The number of ether oxygens (including phenoxy) is 3. The van der Waals surface area contributed by atoms with Crippen LogP contribution in [-0.4, -0.2) is 38.7 Å². The van der Waals surface area contributed by atoms with Crippen LogP contribution in [0.3, 0.4) is 0 Å². The van der Waals surface area contributed by atoms with Gasteiger partial charge in [0.2, 0.25) is 5.91 Å². The summed E-state index contributed by atoms with van der Waals surface area (Å²) in [7, 11) is 2.92. The van der Waals surface area contributed by atoms with Crippen molar-refractivity contribution in [1.29, 1.82) is 0 Å². The van der Waals surface area contributed by atoms with Crippen LogP contribution in [0, 0.1) is 0 Å². The monoisotopic (exact) mass is 506 g/mol. The smallest absolute Gasteiger partial charge is 0.340 e. The second-order valence-electron chi connectivity index (χ2n) is 7.88. The third-order valence-corrected chi connectivity index (χ3v) is 5.35. The molecule has 0 aliphatic carbocycles. The van der Waals surface area contributed by atoms with Crippen molar-refractivity contribution in [2.75, 3.05) is 42.5 Å². The van der Waals surface area contributed by atoms with Gasteiger partial charge in [-0.2, -0.15) is 0 Å². The van der Waals surface area contributed by atoms with E-state index in [4.69, 9.17) is 19.9 Å². The van der Waals surface area contributed by atoms with E-state index in [1.165, 1.54) is 26.4 Å². The van der Waals surface area contributed by atoms with E-state index >= 15 is 0 Å². The van der Waals surface area contributed by atoms with Crippen molar-refractivity contribution in [1.82, 2.24) is 0 Å². The van der Waals surface area contributed by atoms with Crippen LogP contribution in [0.5, 0.6) is 11.5 Å². The fourth-order valence-electron chi connectivity index (χ4n) is 3.48. The number of rotatable bonds is 10. The van der Waals surface area contributed by atoms with E-state index in [-0.39, 0.29) is 30.2 Å². The first-order valence-electron chi connectivity index (χ1n) is 11.6. The van der Waals surface area contributed by atoms with Crippen molar-refractivity contribution < 1.29 is 28.6 Å². The first-order valence-corrected chi connectivity index (χ1v) is 11.6. The minimum absolute atomic E-state index is 0.164. The number of nitrogens with one attached hydrogen (secondary N) is 3. The Kier molecular flexibility index (Phi) is 9.31. The third-order valence-electron chi connectivity index (χ3n) is 5.35. The third kappa shape index (κ3) is 7.38. The van der Waals surface area contributed by atoms with Gasteiger partial charge >= 0.3 is 12.0 Å². The highest BCUT2D eigenvalue weighted by molar-refractivity contribution is 6.03. The average molecular weight is 507 g/mol. The highest BCUT2D eigenvalue weighted by atomic mass is 16.5. The molecule has 0 bridgehead atoms. The summed E-state index contributed by atoms with van der Waals surface area (Å²) in [4.78, 5) is 37.3. The molecule has 37 heavy (non-hydrogen) atoms. The second-order valence-corrected chi connectivity index (χ2v) is 7.88. The van der Waals surface area contributed by atoms with Crippen LogP contribution < -0.4 is 31.2 Å². The van der Waals surface area contributed by atoms with Crippen LogP contribution in [-0.2, 0) is 16.0 Å². The predicted octanol–water partition coefficient (Wildman–Crippen LogP) is 4.68. The molecule has 3 aromatic carbocycles. The van der Waals surface area contributed by atoms with Crippen molar-refractivity contribution in [3.63, 3.8) is 0 Å². The Morgan fingerprint density at radius 3 is 2.16 bits per heavy atom. The Hall–Kier alpha value is -4.73. The number of nitrogens with two attached hydrogens (primary N) is 1. The summed E-state index contributed by atoms with van der Waals surface area (Å²) in [6.45, 7) is 1.89. The zero-order chi connectivity index (χ0) is 26.8. The highest BCUT2D eigenvalue weighted by Crippen LogP contribution is 2.34. The number of methoxy groups -OCH3 is 2. The summed E-state index contributed by atoms with van der Waals surface area (Å²) < 4.78 is 15.7. The van der Waals surface area contributed by atoms with E-state index in [1.807, 2.05) is 12.1 Å². The lowest BCUT2D eigenvalue weighted by Gasteiger charge is -2.15. The van der Waals surface area contributed by atoms with E-state index in [2.05, 4.69) is 16.0 Å². The number of carbonyl (C=O) groups excluding carboxylic acids is 3. The highest BCUT2D eigenvalue weighted by Gasteiger charge is 2.19. The van der Waals surface area contributed by atoms with Gasteiger partial charge in [0.25, 0.3) is 0 Å². The quantitative estimate of drug-likeness (QED) is 0.231. The standard InChI is InChI=1S/C27H30N4O6/c1-4-37-26(33)19-15-23(35-2)24(36-3)16-22(19)30-25(32)14-11-17-9-12-18(13-10-17)29-27(34)31-21-8-6-5-7-20(21)28/h5-10,12-13,15-16H,4,11,14,28H2,1-3H3,(H,30,32)(H2,29,31,34). The Morgan fingerprint density at radius 2 is 1.51 bits per heavy atom. The normalized spacial score (nSPS) is 10.2. The van der Waals surface area contributed by atoms with Gasteiger partial charge in [-0.3, -0.25) is 4.79 Å². The van der Waals surface area contributed by atoms with Gasteiger partial charge in [-0.05, 0) is 43.2 Å². The second kappa shape index (κ2) is 12.8. The minimum Gasteiger partial charge on any atom is -0.493 e. The van der Waals surface area contributed by atoms with Gasteiger partial charge in [-0.15, -0.1) is 0 Å². The fraction of sp³-hybridized carbons (Fsp3) is 0.222. The lowest BCUT2D eigenvalue weighted by molar-refractivity contribution is -0.116. The Balaban J connectivity index is 1.59. The molecule has 10 nitrogen and oxygen atoms in total. The zero-order valence-electron chi connectivity index (χ0n) is 20.9. The van der Waals surface area contributed by atoms with Crippen LogP contribution >= 0.6 is 0 Å². The number of para-hydroxylation sites is 2. The van der Waals surface area contributed by atoms with Gasteiger partial charge in [0.1, 0.15) is 0 Å². The molecule has 0 aliphatic heterocycles. The first kappa shape index (κ1) is 26.9. The minimum atomic E-state index is -0.583. The number of urea groups is 1. The van der Waals surface area contributed by atoms with E-state index in [0.717, 1.165) is 5.56 Å². The molecule has 3 aromatic rings. The van der Waals surface area contributed by atoms with E-state index < -0.39 is 12.0 Å². The summed E-state index contributed by atoms with van der Waals surface area (Å²) in [6, 6.07) is 16.7. The predicted molar refractivity (Wildman–Crippen MR) is 142 cm³/mol. The molecular formula is C27H30N4O6. The summed E-state index contributed by atoms with van der Waals surface area (Å²) in [5, 5.41) is 8.19. The average Bonchev–Trinajstić information content (AvgIpc) is 2.89. The molecule has 3 amide bonds. The van der Waals surface area contributed by atoms with Crippen molar-refractivity contribution in [3.8, 4) is 11.5 Å². The molecule has 0 saturated heterocycles. The molecule has 0 unspecified atom stereocenters. The van der Waals surface area contributed by atoms with E-state index in [9.17, 15) is 14.4 Å². The number of hydrogen-bond acceptors (Lipinski definition) is 7. The zero-order valence-corrected chi connectivity index (χ0v) is 20.9. The van der Waals surface area contributed by atoms with Gasteiger partial charge in [0.15, 0.2) is 11.5 Å². The van der Waals surface area contributed by atoms with Crippen molar-refractivity contribution in [3.05, 3.63) is 71.8 Å². The lowest BCUT2D eigenvalue weighted by Crippen LogP contribution is -2.20. The van der Waals surface area contributed by atoms with Gasteiger partial charge < -0.3 is 35.9 Å². The molecule has 0 atom stereocenters. The Bertz CT molecular complexity index is 1260. The number of nitrogen functional groups attached to an aromatic ring is 1. The molecule has 0 aromatic heterocycles. The first-order chi connectivity index (χ1) is 17.8. The molecule has 0 aliphatic rings. The largest absolute Gasteiger partial charge is 0.493 e. The maximum Gasteiger partial charge on any atom is 0.340 e. The molecule has 0 radical (unpaired) electrons. The molecule has 0 saturated carbocycles. The van der Waals surface area contributed by atoms with Crippen LogP contribution in [0.4, 0.5) is 27.5 Å². The molecule has 0 heterocycles. The Morgan fingerprint density at radius 1 is 0.838 bits per heavy atom. The summed E-state index contributed by atoms with van der Waals surface area (Å²) in [5.41, 5.74) is 8.74. The molecule has 10 heteroatoms. The van der Waals surface area contributed by atoms with Crippen LogP contribution in [0.15, 0.2) is 60.7 Å². The van der Waals surface area contributed by atoms with Crippen LogP contribution in [0.2, 0.25) is 0 Å². The van der Waals surface area contributed by atoms with Gasteiger partial charge in [0.05, 0.1) is 43.5 Å². The van der Waals surface area contributed by atoms with Crippen molar-refractivity contribution >= 4 is 40.7 Å². The Labute approximate surface area is 215 Å². The maximum atomic E-state index is 12.7. The number of anilines is 4. The topological polar surface area (TPSA) is 141 Å².